The van der Waals surface area contributed by atoms with Crippen molar-refractivity contribution in [1.29, 1.82) is 0 Å². The molecule has 2 rings (SSSR count). The van der Waals surface area contributed by atoms with Crippen LogP contribution in [0, 0.1) is 0 Å². The van der Waals surface area contributed by atoms with Crippen molar-refractivity contribution in [3.05, 3.63) is 35.9 Å². The first-order valence-electron chi connectivity index (χ1n) is 5.75. The van der Waals surface area contributed by atoms with Crippen molar-refractivity contribution in [2.24, 2.45) is 0 Å². The molecular formula is C13H19N2O+. The van der Waals surface area contributed by atoms with Crippen molar-refractivity contribution in [3.63, 3.8) is 0 Å². The van der Waals surface area contributed by atoms with Gasteiger partial charge < -0.3 is 9.38 Å². The summed E-state index contributed by atoms with van der Waals surface area (Å²) < 4.78 is 1.01. The predicted molar refractivity (Wildman–Crippen MR) is 64.2 cm³/mol. The maximum atomic E-state index is 12.1. The fourth-order valence-corrected chi connectivity index (χ4v) is 1.97. The molecule has 3 nitrogen and oxygen atoms in total. The fourth-order valence-electron chi connectivity index (χ4n) is 1.97. The third kappa shape index (κ3) is 2.42. The fraction of sp³-hybridized carbons (Fsp3) is 0.462. The molecule has 16 heavy (non-hydrogen) atoms. The van der Waals surface area contributed by atoms with Gasteiger partial charge in [-0.2, -0.15) is 0 Å². The number of carbonyl (C=O) groups excluding carboxylic acids is 1. The van der Waals surface area contributed by atoms with Gasteiger partial charge in [-0.3, -0.25) is 4.79 Å². The maximum absolute atomic E-state index is 12.1. The summed E-state index contributed by atoms with van der Waals surface area (Å²) >= 11 is 0. The van der Waals surface area contributed by atoms with Crippen LogP contribution in [0.2, 0.25) is 0 Å². The van der Waals surface area contributed by atoms with Gasteiger partial charge in [0.25, 0.3) is 5.91 Å². The highest BCUT2D eigenvalue weighted by Gasteiger charge is 2.27. The van der Waals surface area contributed by atoms with Crippen molar-refractivity contribution in [2.75, 3.05) is 40.3 Å². The highest BCUT2D eigenvalue weighted by atomic mass is 16.2. The Labute approximate surface area is 96.9 Å². The average molecular weight is 219 g/mol. The Morgan fingerprint density at radius 2 is 1.69 bits per heavy atom. The molecule has 86 valence electrons. The molecule has 0 saturated carbocycles. The first-order valence-corrected chi connectivity index (χ1v) is 5.75. The van der Waals surface area contributed by atoms with Crippen molar-refractivity contribution in [1.82, 2.24) is 4.90 Å². The Hall–Kier alpha value is -1.35. The SMILES string of the molecule is C[N+]1(C)CCN(C(=O)c2ccccc2)CC1. The molecule has 0 aromatic heterocycles. The van der Waals surface area contributed by atoms with Crippen molar-refractivity contribution in [3.8, 4) is 0 Å². The van der Waals surface area contributed by atoms with E-state index in [2.05, 4.69) is 14.1 Å². The van der Waals surface area contributed by atoms with Crippen molar-refractivity contribution >= 4 is 5.91 Å². The number of piperazine rings is 1. The van der Waals surface area contributed by atoms with Gasteiger partial charge in [-0.15, -0.1) is 0 Å². The lowest BCUT2D eigenvalue weighted by Crippen LogP contribution is -2.56. The van der Waals surface area contributed by atoms with E-state index in [-0.39, 0.29) is 5.91 Å². The van der Waals surface area contributed by atoms with E-state index in [0.717, 1.165) is 36.2 Å². The van der Waals surface area contributed by atoms with E-state index < -0.39 is 0 Å². The van der Waals surface area contributed by atoms with Gasteiger partial charge in [-0.05, 0) is 12.1 Å². The van der Waals surface area contributed by atoms with E-state index in [1.807, 2.05) is 35.2 Å². The van der Waals surface area contributed by atoms with Gasteiger partial charge in [0, 0.05) is 5.56 Å². The predicted octanol–water partition coefficient (Wildman–Crippen LogP) is 1.22. The molecule has 1 saturated heterocycles. The molecule has 1 heterocycles. The molecule has 1 aromatic rings. The van der Waals surface area contributed by atoms with E-state index >= 15 is 0 Å². The van der Waals surface area contributed by atoms with Crippen LogP contribution in [0.3, 0.4) is 0 Å². The van der Waals surface area contributed by atoms with Crippen LogP contribution in [0.25, 0.3) is 0 Å². The minimum Gasteiger partial charge on any atom is -0.327 e. The van der Waals surface area contributed by atoms with E-state index in [1.54, 1.807) is 0 Å². The molecule has 1 fully saturated rings. The highest BCUT2D eigenvalue weighted by Crippen LogP contribution is 2.10. The second-order valence-electron chi connectivity index (χ2n) is 5.04. The number of benzene rings is 1. The molecule has 0 atom stereocenters. The number of carbonyl (C=O) groups is 1. The van der Waals surface area contributed by atoms with Crippen LogP contribution in [0.15, 0.2) is 30.3 Å². The largest absolute Gasteiger partial charge is 0.327 e. The molecule has 1 aromatic carbocycles. The molecule has 0 N–H and O–H groups in total. The Bertz CT molecular complexity index is 363. The van der Waals surface area contributed by atoms with Crippen LogP contribution in [0.4, 0.5) is 0 Å². The molecular weight excluding hydrogens is 200 g/mol. The van der Waals surface area contributed by atoms with E-state index in [0.29, 0.717) is 0 Å². The van der Waals surface area contributed by atoms with Gasteiger partial charge in [-0.1, -0.05) is 18.2 Å². The normalized spacial score (nSPS) is 19.5. The summed E-state index contributed by atoms with van der Waals surface area (Å²) in [4.78, 5) is 14.1. The van der Waals surface area contributed by atoms with Crippen LogP contribution in [-0.2, 0) is 0 Å². The molecule has 3 heteroatoms. The van der Waals surface area contributed by atoms with Crippen LogP contribution in [0.5, 0.6) is 0 Å². The lowest BCUT2D eigenvalue weighted by Gasteiger charge is -2.39. The third-order valence-electron chi connectivity index (χ3n) is 3.26. The van der Waals surface area contributed by atoms with Crippen molar-refractivity contribution < 1.29 is 9.28 Å². The first kappa shape index (κ1) is 11.1. The van der Waals surface area contributed by atoms with E-state index in [9.17, 15) is 4.79 Å². The number of nitrogens with zero attached hydrogens (tertiary/aromatic N) is 2. The molecule has 0 unspecified atom stereocenters. The molecule has 0 spiro atoms. The summed E-state index contributed by atoms with van der Waals surface area (Å²) in [6, 6.07) is 9.54. The van der Waals surface area contributed by atoms with E-state index in [1.165, 1.54) is 0 Å². The lowest BCUT2D eigenvalue weighted by atomic mass is 10.2. The minimum absolute atomic E-state index is 0.167. The van der Waals surface area contributed by atoms with Gasteiger partial charge in [0.05, 0.1) is 40.3 Å². The Kier molecular flexibility index (Phi) is 2.97. The molecule has 0 bridgehead atoms. The average Bonchev–Trinajstić information content (AvgIpc) is 2.29. The molecule has 1 aliphatic heterocycles. The van der Waals surface area contributed by atoms with E-state index in [4.69, 9.17) is 0 Å². The summed E-state index contributed by atoms with van der Waals surface area (Å²) in [6.07, 6.45) is 0. The number of amides is 1. The van der Waals surface area contributed by atoms with Gasteiger partial charge in [0.1, 0.15) is 0 Å². The first-order chi connectivity index (χ1) is 7.58. The number of likely N-dealkylation sites (N-methyl/N-ethyl adjacent to an activating group) is 1. The Balaban J connectivity index is 2.03. The summed E-state index contributed by atoms with van der Waals surface area (Å²) in [7, 11) is 4.43. The molecule has 1 amide bonds. The molecule has 0 aliphatic carbocycles. The van der Waals surface area contributed by atoms with Crippen LogP contribution < -0.4 is 0 Å². The molecule has 1 aliphatic rings. The second-order valence-corrected chi connectivity index (χ2v) is 5.04. The van der Waals surface area contributed by atoms with Gasteiger partial charge in [0.2, 0.25) is 0 Å². The summed E-state index contributed by atoms with van der Waals surface area (Å²) in [5, 5.41) is 0. The summed E-state index contributed by atoms with van der Waals surface area (Å²) in [6.45, 7) is 3.80. The number of rotatable bonds is 1. The topological polar surface area (TPSA) is 20.3 Å². The van der Waals surface area contributed by atoms with Gasteiger partial charge in [0.15, 0.2) is 0 Å². The maximum Gasteiger partial charge on any atom is 0.254 e. The monoisotopic (exact) mass is 219 g/mol. The van der Waals surface area contributed by atoms with Gasteiger partial charge >= 0.3 is 0 Å². The molecule has 0 radical (unpaired) electrons. The zero-order valence-electron chi connectivity index (χ0n) is 10.0. The van der Waals surface area contributed by atoms with Crippen molar-refractivity contribution in [2.45, 2.75) is 0 Å². The van der Waals surface area contributed by atoms with Crippen LogP contribution >= 0.6 is 0 Å². The van der Waals surface area contributed by atoms with Crippen LogP contribution in [0.1, 0.15) is 10.4 Å². The number of hydrogen-bond donors (Lipinski definition) is 0. The zero-order chi connectivity index (χ0) is 11.6. The Morgan fingerprint density at radius 1 is 1.12 bits per heavy atom. The lowest BCUT2D eigenvalue weighted by molar-refractivity contribution is -0.894. The second kappa shape index (κ2) is 4.26. The summed E-state index contributed by atoms with van der Waals surface area (Å²) in [5.41, 5.74) is 0.801. The van der Waals surface area contributed by atoms with Gasteiger partial charge in [-0.25, -0.2) is 0 Å². The number of hydrogen-bond acceptors (Lipinski definition) is 1. The third-order valence-corrected chi connectivity index (χ3v) is 3.26. The Morgan fingerprint density at radius 3 is 2.25 bits per heavy atom. The number of quaternary nitrogens is 1. The zero-order valence-corrected chi connectivity index (χ0v) is 10.0. The summed E-state index contributed by atoms with van der Waals surface area (Å²) in [5.74, 6) is 0.167. The smallest absolute Gasteiger partial charge is 0.254 e. The van der Waals surface area contributed by atoms with Crippen LogP contribution in [-0.4, -0.2) is 55.6 Å². The standard InChI is InChI=1S/C13H19N2O/c1-15(2)10-8-14(9-11-15)13(16)12-6-4-3-5-7-12/h3-7H,8-11H2,1-2H3/q+1. The highest BCUT2D eigenvalue weighted by molar-refractivity contribution is 5.94. The quantitative estimate of drug-likeness (QED) is 0.650. The minimum atomic E-state index is 0.167.